The molecule has 2 rings (SSSR count). The molecule has 0 spiro atoms. The van der Waals surface area contributed by atoms with Crippen LogP contribution >= 0.6 is 0 Å². The van der Waals surface area contributed by atoms with E-state index >= 15 is 0 Å². The Kier molecular flexibility index (Phi) is 3.82. The summed E-state index contributed by atoms with van der Waals surface area (Å²) < 4.78 is 0. The molecule has 1 aliphatic rings. The molecule has 0 atom stereocenters. The first kappa shape index (κ1) is 12.1. The van der Waals surface area contributed by atoms with Crippen LogP contribution in [0.1, 0.15) is 39.0 Å². The monoisotopic (exact) mass is 234 g/mol. The van der Waals surface area contributed by atoms with Gasteiger partial charge in [0.2, 0.25) is 5.95 Å². The van der Waals surface area contributed by atoms with Gasteiger partial charge in [-0.25, -0.2) is 9.97 Å². The van der Waals surface area contributed by atoms with Gasteiger partial charge in [0.05, 0.1) is 18.1 Å². The molecule has 4 nitrogen and oxygen atoms in total. The fraction of sp³-hybridized carbons (Fsp3) is 0.692. The number of nitrogen functional groups attached to an aromatic ring is 1. The molecule has 0 amide bonds. The summed E-state index contributed by atoms with van der Waals surface area (Å²) in [4.78, 5) is 10.8. The van der Waals surface area contributed by atoms with Crippen LogP contribution in [0.2, 0.25) is 0 Å². The van der Waals surface area contributed by atoms with Gasteiger partial charge >= 0.3 is 0 Å². The Balaban J connectivity index is 1.96. The Labute approximate surface area is 103 Å². The Morgan fingerprint density at radius 1 is 1.24 bits per heavy atom. The molecular formula is C13H22N4. The van der Waals surface area contributed by atoms with Crippen molar-refractivity contribution >= 4 is 11.6 Å². The molecule has 1 aromatic heterocycles. The third-order valence-corrected chi connectivity index (χ3v) is 3.92. The van der Waals surface area contributed by atoms with Gasteiger partial charge in [0.15, 0.2) is 0 Å². The molecule has 0 radical (unpaired) electrons. The van der Waals surface area contributed by atoms with Gasteiger partial charge in [-0.15, -0.1) is 0 Å². The van der Waals surface area contributed by atoms with Crippen LogP contribution in [0.15, 0.2) is 12.4 Å². The average molecular weight is 234 g/mol. The van der Waals surface area contributed by atoms with E-state index in [0.29, 0.717) is 11.7 Å². The van der Waals surface area contributed by atoms with E-state index < -0.39 is 0 Å². The zero-order valence-electron chi connectivity index (χ0n) is 10.8. The van der Waals surface area contributed by atoms with Crippen LogP contribution in [0.25, 0.3) is 0 Å². The molecule has 1 fully saturated rings. The molecule has 2 N–H and O–H groups in total. The second-order valence-electron chi connectivity index (χ2n) is 5.01. The molecule has 94 valence electrons. The number of rotatable bonds is 3. The molecular weight excluding hydrogens is 212 g/mol. The maximum Gasteiger partial charge on any atom is 0.225 e. The molecule has 1 aliphatic carbocycles. The van der Waals surface area contributed by atoms with Crippen LogP contribution in [0.5, 0.6) is 0 Å². The van der Waals surface area contributed by atoms with Crippen molar-refractivity contribution in [3.8, 4) is 0 Å². The highest BCUT2D eigenvalue weighted by molar-refractivity contribution is 5.38. The lowest BCUT2D eigenvalue weighted by Crippen LogP contribution is -2.36. The van der Waals surface area contributed by atoms with Gasteiger partial charge in [-0.05, 0) is 31.6 Å². The van der Waals surface area contributed by atoms with E-state index in [1.807, 2.05) is 0 Å². The zero-order valence-corrected chi connectivity index (χ0v) is 10.8. The van der Waals surface area contributed by atoms with Gasteiger partial charge in [0.1, 0.15) is 0 Å². The van der Waals surface area contributed by atoms with Crippen molar-refractivity contribution in [2.24, 2.45) is 5.92 Å². The maximum atomic E-state index is 5.60. The van der Waals surface area contributed by atoms with Crippen LogP contribution in [-0.2, 0) is 0 Å². The average Bonchev–Trinajstić information content (AvgIpc) is 2.39. The van der Waals surface area contributed by atoms with E-state index in [1.54, 1.807) is 12.4 Å². The number of hydrogen-bond donors (Lipinski definition) is 1. The van der Waals surface area contributed by atoms with Crippen LogP contribution in [0.4, 0.5) is 11.6 Å². The first-order valence-corrected chi connectivity index (χ1v) is 6.51. The van der Waals surface area contributed by atoms with Crippen molar-refractivity contribution in [3.63, 3.8) is 0 Å². The van der Waals surface area contributed by atoms with Crippen LogP contribution in [-0.4, -0.2) is 23.1 Å². The first-order valence-electron chi connectivity index (χ1n) is 6.51. The number of nitrogens with two attached hydrogens (primary N) is 1. The van der Waals surface area contributed by atoms with E-state index in [1.165, 1.54) is 32.1 Å². The van der Waals surface area contributed by atoms with Gasteiger partial charge in [0.25, 0.3) is 0 Å². The van der Waals surface area contributed by atoms with Crippen LogP contribution < -0.4 is 10.6 Å². The summed E-state index contributed by atoms with van der Waals surface area (Å²) in [6.45, 7) is 2.29. The lowest BCUT2D eigenvalue weighted by Gasteiger charge is -2.34. The largest absolute Gasteiger partial charge is 0.396 e. The summed E-state index contributed by atoms with van der Waals surface area (Å²) in [5, 5.41) is 0. The predicted molar refractivity (Wildman–Crippen MR) is 70.9 cm³/mol. The second-order valence-corrected chi connectivity index (χ2v) is 5.01. The second kappa shape index (κ2) is 5.34. The van der Waals surface area contributed by atoms with Gasteiger partial charge in [-0.3, -0.25) is 0 Å². The fourth-order valence-corrected chi connectivity index (χ4v) is 2.62. The third-order valence-electron chi connectivity index (χ3n) is 3.92. The smallest absolute Gasteiger partial charge is 0.225 e. The maximum absolute atomic E-state index is 5.60. The molecule has 1 saturated carbocycles. The van der Waals surface area contributed by atoms with E-state index in [-0.39, 0.29) is 0 Å². The Bertz CT molecular complexity index is 341. The molecule has 0 aromatic carbocycles. The minimum Gasteiger partial charge on any atom is -0.396 e. The van der Waals surface area contributed by atoms with E-state index in [2.05, 4.69) is 28.8 Å². The molecule has 1 aromatic rings. The predicted octanol–water partition coefficient (Wildman–Crippen LogP) is 2.46. The van der Waals surface area contributed by atoms with Gasteiger partial charge < -0.3 is 10.6 Å². The molecule has 17 heavy (non-hydrogen) atoms. The first-order chi connectivity index (χ1) is 8.20. The highest BCUT2D eigenvalue weighted by Crippen LogP contribution is 2.30. The summed E-state index contributed by atoms with van der Waals surface area (Å²) in [6.07, 6.45) is 9.84. The summed E-state index contributed by atoms with van der Waals surface area (Å²) in [5.41, 5.74) is 6.22. The molecule has 4 heteroatoms. The third kappa shape index (κ3) is 2.87. The van der Waals surface area contributed by atoms with Gasteiger partial charge in [0, 0.05) is 13.1 Å². The van der Waals surface area contributed by atoms with Crippen molar-refractivity contribution in [2.75, 3.05) is 17.7 Å². The molecule has 1 heterocycles. The lowest BCUT2D eigenvalue weighted by molar-refractivity contribution is 0.312. The summed E-state index contributed by atoms with van der Waals surface area (Å²) in [5.74, 6) is 1.71. The fourth-order valence-electron chi connectivity index (χ4n) is 2.62. The lowest BCUT2D eigenvalue weighted by atomic mass is 9.84. The van der Waals surface area contributed by atoms with Crippen molar-refractivity contribution in [1.29, 1.82) is 0 Å². The summed E-state index contributed by atoms with van der Waals surface area (Å²) in [6, 6.07) is 0.585. The van der Waals surface area contributed by atoms with Crippen molar-refractivity contribution < 1.29 is 0 Å². The van der Waals surface area contributed by atoms with Gasteiger partial charge in [-0.1, -0.05) is 13.3 Å². The van der Waals surface area contributed by atoms with Crippen LogP contribution in [0.3, 0.4) is 0 Å². The molecule has 0 aliphatic heterocycles. The van der Waals surface area contributed by atoms with Gasteiger partial charge in [-0.2, -0.15) is 0 Å². The summed E-state index contributed by atoms with van der Waals surface area (Å²) >= 11 is 0. The Morgan fingerprint density at radius 2 is 1.82 bits per heavy atom. The SMILES string of the molecule is CCC1CCC(N(C)c2ncc(N)cn2)CC1. The quantitative estimate of drug-likeness (QED) is 0.873. The highest BCUT2D eigenvalue weighted by Gasteiger charge is 2.24. The summed E-state index contributed by atoms with van der Waals surface area (Å²) in [7, 11) is 2.09. The molecule has 0 unspecified atom stereocenters. The number of aromatic nitrogens is 2. The van der Waals surface area contributed by atoms with E-state index in [0.717, 1.165) is 11.9 Å². The Hall–Kier alpha value is -1.32. The van der Waals surface area contributed by atoms with Crippen LogP contribution in [0, 0.1) is 5.92 Å². The molecule has 0 bridgehead atoms. The number of hydrogen-bond acceptors (Lipinski definition) is 4. The standard InChI is InChI=1S/C13H22N4/c1-3-10-4-6-12(7-5-10)17(2)13-15-8-11(14)9-16-13/h8-10,12H,3-7,14H2,1-2H3. The van der Waals surface area contributed by atoms with Crippen molar-refractivity contribution in [2.45, 2.75) is 45.1 Å². The minimum atomic E-state index is 0.585. The van der Waals surface area contributed by atoms with E-state index in [4.69, 9.17) is 5.73 Å². The van der Waals surface area contributed by atoms with E-state index in [9.17, 15) is 0 Å². The zero-order chi connectivity index (χ0) is 12.3. The number of anilines is 2. The number of nitrogens with zero attached hydrogens (tertiary/aromatic N) is 3. The molecule has 0 saturated heterocycles. The Morgan fingerprint density at radius 3 is 2.35 bits per heavy atom. The van der Waals surface area contributed by atoms with Crippen molar-refractivity contribution in [3.05, 3.63) is 12.4 Å². The topological polar surface area (TPSA) is 55.0 Å². The normalized spacial score (nSPS) is 24.6. The highest BCUT2D eigenvalue weighted by atomic mass is 15.2. The van der Waals surface area contributed by atoms with Crippen molar-refractivity contribution in [1.82, 2.24) is 9.97 Å². The minimum absolute atomic E-state index is 0.585.